The average molecular weight is 565 g/mol. The van der Waals surface area contributed by atoms with Crippen LogP contribution in [0.4, 0.5) is 17.1 Å². The van der Waals surface area contributed by atoms with E-state index in [1.807, 2.05) is 30.3 Å². The van der Waals surface area contributed by atoms with Gasteiger partial charge in [0.1, 0.15) is 11.3 Å². The molecule has 4 aromatic carbocycles. The number of aromatic nitrogens is 1. The number of nitrogens with one attached hydrogen (secondary N) is 2. The Bertz CT molecular complexity index is 2010. The van der Waals surface area contributed by atoms with E-state index in [4.69, 9.17) is 16.0 Å². The molecule has 1 unspecified atom stereocenters. The van der Waals surface area contributed by atoms with E-state index in [9.17, 15) is 19.7 Å². The molecule has 2 amide bonds. The van der Waals surface area contributed by atoms with Crippen LogP contribution < -0.4 is 10.2 Å². The molecule has 2 N–H and O–H groups in total. The maximum Gasteiger partial charge on any atom is 0.291 e. The zero-order valence-electron chi connectivity index (χ0n) is 21.4. The summed E-state index contributed by atoms with van der Waals surface area (Å²) in [5, 5.41) is 17.5. The highest BCUT2D eigenvalue weighted by Crippen LogP contribution is 2.45. The van der Waals surface area contributed by atoms with E-state index >= 15 is 0 Å². The number of para-hydroxylation sites is 1. The van der Waals surface area contributed by atoms with Gasteiger partial charge in [0, 0.05) is 46.4 Å². The van der Waals surface area contributed by atoms with Crippen LogP contribution in [-0.4, -0.2) is 34.1 Å². The molecule has 1 aliphatic heterocycles. The van der Waals surface area contributed by atoms with E-state index < -0.39 is 4.92 Å². The molecule has 3 heterocycles. The zero-order valence-corrected chi connectivity index (χ0v) is 22.1. The molecule has 0 spiro atoms. The Morgan fingerprint density at radius 3 is 2.56 bits per heavy atom. The average Bonchev–Trinajstić information content (AvgIpc) is 3.71. The van der Waals surface area contributed by atoms with Crippen LogP contribution in [0.15, 0.2) is 89.3 Å². The topological polar surface area (TPSA) is 121 Å². The summed E-state index contributed by atoms with van der Waals surface area (Å²) in [6, 6.07) is 24.6. The third-order valence-corrected chi connectivity index (χ3v) is 7.90. The van der Waals surface area contributed by atoms with Crippen molar-refractivity contribution >= 4 is 73.1 Å². The molecule has 10 heteroatoms. The fourth-order valence-corrected chi connectivity index (χ4v) is 5.91. The molecule has 0 aliphatic carbocycles. The van der Waals surface area contributed by atoms with Gasteiger partial charge in [-0.05, 0) is 53.4 Å². The number of rotatable bonds is 5. The molecule has 1 atom stereocenters. The fourth-order valence-electron chi connectivity index (χ4n) is 5.65. The highest BCUT2D eigenvalue weighted by Gasteiger charge is 2.36. The molecule has 0 saturated heterocycles. The largest absolute Gasteiger partial charge is 0.451 e. The molecule has 0 bridgehead atoms. The van der Waals surface area contributed by atoms with Crippen molar-refractivity contribution in [3.63, 3.8) is 0 Å². The second-order valence-electron chi connectivity index (χ2n) is 9.99. The van der Waals surface area contributed by atoms with Gasteiger partial charge in [-0.1, -0.05) is 36.4 Å². The molecular formula is C31H21ClN4O5. The summed E-state index contributed by atoms with van der Waals surface area (Å²) in [5.74, 6) is -0.431. The number of hydrogen-bond donors (Lipinski definition) is 2. The first-order valence-electron chi connectivity index (χ1n) is 12.9. The van der Waals surface area contributed by atoms with Crippen molar-refractivity contribution in [1.29, 1.82) is 0 Å². The molecule has 2 aromatic heterocycles. The van der Waals surface area contributed by atoms with Gasteiger partial charge >= 0.3 is 0 Å². The van der Waals surface area contributed by atoms with Gasteiger partial charge in [-0.15, -0.1) is 11.6 Å². The number of nitro benzene ring substituents is 1. The van der Waals surface area contributed by atoms with Crippen molar-refractivity contribution in [3.05, 3.63) is 112 Å². The number of alkyl halides is 1. The van der Waals surface area contributed by atoms with E-state index in [0.29, 0.717) is 45.5 Å². The summed E-state index contributed by atoms with van der Waals surface area (Å²) in [6.45, 7) is 0.303. The summed E-state index contributed by atoms with van der Waals surface area (Å²) in [5.41, 5.74) is 3.45. The molecule has 202 valence electrons. The maximum absolute atomic E-state index is 13.8. The van der Waals surface area contributed by atoms with E-state index in [2.05, 4.69) is 10.3 Å². The molecule has 7 rings (SSSR count). The molecule has 0 radical (unpaired) electrons. The van der Waals surface area contributed by atoms with E-state index in [1.165, 1.54) is 6.07 Å². The predicted molar refractivity (Wildman–Crippen MR) is 158 cm³/mol. The van der Waals surface area contributed by atoms with Gasteiger partial charge in [0.05, 0.1) is 16.0 Å². The number of aromatic amines is 1. The standard InChI is InChI=1S/C31H21ClN4O5/c32-15-19-16-35(26-14-25(36(39)40)21-6-2-3-7-22(21)29(19)26)31(38)24-12-18-11-20(9-10-23(18)34-24)33-30(37)28-13-17-5-1-4-8-27(17)41-28/h1-14,19,34H,15-16H2,(H,33,37). The van der Waals surface area contributed by atoms with Gasteiger partial charge in [-0.2, -0.15) is 0 Å². The minimum atomic E-state index is -0.427. The number of anilines is 2. The third kappa shape index (κ3) is 4.09. The number of nitrogens with zero attached hydrogens (tertiary/aromatic N) is 2. The van der Waals surface area contributed by atoms with Crippen molar-refractivity contribution < 1.29 is 18.9 Å². The molecule has 6 aromatic rings. The summed E-state index contributed by atoms with van der Waals surface area (Å²) in [6.07, 6.45) is 0. The lowest BCUT2D eigenvalue weighted by Crippen LogP contribution is -2.30. The summed E-state index contributed by atoms with van der Waals surface area (Å²) < 4.78 is 5.66. The molecule has 41 heavy (non-hydrogen) atoms. The van der Waals surface area contributed by atoms with Crippen LogP contribution >= 0.6 is 11.6 Å². The van der Waals surface area contributed by atoms with Gasteiger partial charge in [-0.3, -0.25) is 19.7 Å². The number of non-ortho nitro benzene ring substituents is 1. The number of H-pyrrole nitrogens is 1. The lowest BCUT2D eigenvalue weighted by Gasteiger charge is -2.17. The second kappa shape index (κ2) is 9.50. The van der Waals surface area contributed by atoms with Crippen LogP contribution in [-0.2, 0) is 0 Å². The first-order chi connectivity index (χ1) is 19.9. The van der Waals surface area contributed by atoms with Crippen LogP contribution in [0.5, 0.6) is 0 Å². The number of amides is 2. The Balaban J connectivity index is 1.21. The number of furan rings is 1. The van der Waals surface area contributed by atoms with Crippen LogP contribution in [0.2, 0.25) is 0 Å². The summed E-state index contributed by atoms with van der Waals surface area (Å²) in [7, 11) is 0. The van der Waals surface area contributed by atoms with Gasteiger partial charge in [0.15, 0.2) is 5.76 Å². The minimum absolute atomic E-state index is 0.0612. The monoisotopic (exact) mass is 564 g/mol. The number of fused-ring (bicyclic) bond motifs is 5. The molecule has 0 fully saturated rings. The van der Waals surface area contributed by atoms with Crippen LogP contribution in [0.25, 0.3) is 32.6 Å². The number of hydrogen-bond acceptors (Lipinski definition) is 5. The van der Waals surface area contributed by atoms with Crippen LogP contribution in [0, 0.1) is 10.1 Å². The SMILES string of the molecule is O=C(Nc1ccc2[nH]c(C(=O)N3CC(CCl)c4c3cc([N+](=O)[O-])c3ccccc43)cc2c1)c1cc2ccccc2o1. The van der Waals surface area contributed by atoms with Gasteiger partial charge in [0.25, 0.3) is 17.5 Å². The van der Waals surface area contributed by atoms with Gasteiger partial charge in [0.2, 0.25) is 0 Å². The Labute approximate surface area is 237 Å². The van der Waals surface area contributed by atoms with Crippen LogP contribution in [0.1, 0.15) is 32.5 Å². The van der Waals surface area contributed by atoms with E-state index in [-0.39, 0.29) is 35.1 Å². The highest BCUT2D eigenvalue weighted by atomic mass is 35.5. The van der Waals surface area contributed by atoms with Crippen molar-refractivity contribution in [3.8, 4) is 0 Å². The Kier molecular flexibility index (Phi) is 5.76. The Hall–Kier alpha value is -5.15. The third-order valence-electron chi connectivity index (χ3n) is 7.53. The van der Waals surface area contributed by atoms with Crippen LogP contribution in [0.3, 0.4) is 0 Å². The predicted octanol–water partition coefficient (Wildman–Crippen LogP) is 7.21. The van der Waals surface area contributed by atoms with Crippen molar-refractivity contribution in [2.75, 3.05) is 22.6 Å². The van der Waals surface area contributed by atoms with Crippen molar-refractivity contribution in [2.45, 2.75) is 5.92 Å². The number of nitro groups is 1. The number of carbonyl (C=O) groups excluding carboxylic acids is 2. The lowest BCUT2D eigenvalue weighted by atomic mass is 9.95. The maximum atomic E-state index is 13.8. The highest BCUT2D eigenvalue weighted by molar-refractivity contribution is 6.19. The summed E-state index contributed by atoms with van der Waals surface area (Å²) >= 11 is 6.32. The number of halogens is 1. The minimum Gasteiger partial charge on any atom is -0.451 e. The van der Waals surface area contributed by atoms with Crippen molar-refractivity contribution in [1.82, 2.24) is 4.98 Å². The smallest absolute Gasteiger partial charge is 0.291 e. The lowest BCUT2D eigenvalue weighted by molar-refractivity contribution is -0.383. The molecule has 0 saturated carbocycles. The Morgan fingerprint density at radius 1 is 1.00 bits per heavy atom. The molecule has 9 nitrogen and oxygen atoms in total. The zero-order chi connectivity index (χ0) is 28.2. The molecule has 1 aliphatic rings. The summed E-state index contributed by atoms with van der Waals surface area (Å²) in [4.78, 5) is 42.8. The normalized spacial score (nSPS) is 14.6. The van der Waals surface area contributed by atoms with E-state index in [1.54, 1.807) is 53.4 Å². The second-order valence-corrected chi connectivity index (χ2v) is 10.3. The van der Waals surface area contributed by atoms with Gasteiger partial charge < -0.3 is 19.6 Å². The van der Waals surface area contributed by atoms with Gasteiger partial charge in [-0.25, -0.2) is 0 Å². The van der Waals surface area contributed by atoms with Crippen molar-refractivity contribution in [2.24, 2.45) is 0 Å². The fraction of sp³-hybridized carbons (Fsp3) is 0.0968. The molecular weight excluding hydrogens is 544 g/mol. The first-order valence-corrected chi connectivity index (χ1v) is 13.5. The van der Waals surface area contributed by atoms with E-state index in [0.717, 1.165) is 16.3 Å². The number of carbonyl (C=O) groups is 2. The number of benzene rings is 4. The first kappa shape index (κ1) is 24.9. The Morgan fingerprint density at radius 2 is 1.78 bits per heavy atom. The quantitative estimate of drug-likeness (QED) is 0.130.